The fourth-order valence-electron chi connectivity index (χ4n) is 1.89. The molecule has 0 aliphatic rings. The number of nitrogens with zero attached hydrogens (tertiary/aromatic N) is 4. The number of aryl methyl sites for hydroxylation is 1. The Morgan fingerprint density at radius 2 is 2.22 bits per heavy atom. The van der Waals surface area contributed by atoms with Crippen molar-refractivity contribution in [3.63, 3.8) is 0 Å². The normalized spacial score (nSPS) is 11.2. The molecule has 0 saturated carbocycles. The number of aromatic nitrogens is 4. The molecule has 3 aromatic rings. The molecule has 0 saturated heterocycles. The lowest BCUT2D eigenvalue weighted by Crippen LogP contribution is -2.05. The second-order valence-electron chi connectivity index (χ2n) is 4.02. The number of alkyl halides is 1. The van der Waals surface area contributed by atoms with Crippen molar-refractivity contribution in [3.05, 3.63) is 40.2 Å². The molecule has 3 aromatic heterocycles. The molecular weight excluding hydrogens is 268 g/mol. The molecule has 0 aromatic carbocycles. The summed E-state index contributed by atoms with van der Waals surface area (Å²) in [5.74, 6) is 1.21. The van der Waals surface area contributed by atoms with E-state index in [2.05, 4.69) is 15.0 Å². The summed E-state index contributed by atoms with van der Waals surface area (Å²) >= 11 is 7.54. The summed E-state index contributed by atoms with van der Waals surface area (Å²) in [4.78, 5) is 13.3. The van der Waals surface area contributed by atoms with Gasteiger partial charge in [0, 0.05) is 11.1 Å². The maximum absolute atomic E-state index is 5.95. The summed E-state index contributed by atoms with van der Waals surface area (Å²) in [6.45, 7) is 2.64. The van der Waals surface area contributed by atoms with Crippen LogP contribution in [-0.2, 0) is 12.4 Å². The molecule has 0 unspecified atom stereocenters. The fourth-order valence-corrected chi connectivity index (χ4v) is 2.64. The van der Waals surface area contributed by atoms with Gasteiger partial charge in [0.1, 0.15) is 11.3 Å². The Kier molecular flexibility index (Phi) is 3.01. The molecule has 0 N–H and O–H groups in total. The van der Waals surface area contributed by atoms with Gasteiger partial charge in [-0.25, -0.2) is 15.0 Å². The van der Waals surface area contributed by atoms with Crippen molar-refractivity contribution in [3.8, 4) is 0 Å². The van der Waals surface area contributed by atoms with Gasteiger partial charge in [0.05, 0.1) is 23.6 Å². The number of hydrogen-bond acceptors (Lipinski definition) is 4. The third-order valence-corrected chi connectivity index (χ3v) is 3.61. The molecule has 3 heterocycles. The van der Waals surface area contributed by atoms with Crippen LogP contribution in [-0.4, -0.2) is 19.5 Å². The highest BCUT2D eigenvalue weighted by Gasteiger charge is 2.12. The van der Waals surface area contributed by atoms with Crippen molar-refractivity contribution in [1.82, 2.24) is 19.5 Å². The standard InChI is InChI=1S/C12H11ClN4S/c1-8-2-3-10-12(15-8)17(11(4-13)16-10)5-9-6-18-7-14-9/h2-3,6-7H,4-5H2,1H3. The summed E-state index contributed by atoms with van der Waals surface area (Å²) in [6, 6.07) is 3.94. The van der Waals surface area contributed by atoms with Crippen molar-refractivity contribution < 1.29 is 0 Å². The Morgan fingerprint density at radius 3 is 2.94 bits per heavy atom. The second kappa shape index (κ2) is 4.66. The number of hydrogen-bond donors (Lipinski definition) is 0. The van der Waals surface area contributed by atoms with Crippen molar-refractivity contribution in [2.45, 2.75) is 19.3 Å². The molecule has 3 rings (SSSR count). The van der Waals surface area contributed by atoms with Crippen LogP contribution >= 0.6 is 22.9 Å². The van der Waals surface area contributed by atoms with Crippen LogP contribution in [0.25, 0.3) is 11.2 Å². The van der Waals surface area contributed by atoms with E-state index >= 15 is 0 Å². The second-order valence-corrected chi connectivity index (χ2v) is 5.01. The van der Waals surface area contributed by atoms with E-state index in [1.54, 1.807) is 11.3 Å². The van der Waals surface area contributed by atoms with Gasteiger partial charge in [-0.1, -0.05) is 0 Å². The topological polar surface area (TPSA) is 43.6 Å². The SMILES string of the molecule is Cc1ccc2nc(CCl)n(Cc3cscn3)c2n1. The van der Waals surface area contributed by atoms with Crippen LogP contribution in [0, 0.1) is 6.92 Å². The van der Waals surface area contributed by atoms with Crippen LogP contribution < -0.4 is 0 Å². The zero-order chi connectivity index (χ0) is 12.5. The highest BCUT2D eigenvalue weighted by Crippen LogP contribution is 2.18. The molecule has 92 valence electrons. The van der Waals surface area contributed by atoms with Gasteiger partial charge in [-0.15, -0.1) is 22.9 Å². The van der Waals surface area contributed by atoms with Crippen molar-refractivity contribution in [2.24, 2.45) is 0 Å². The molecule has 0 aliphatic carbocycles. The molecule has 4 nitrogen and oxygen atoms in total. The Bertz CT molecular complexity index is 675. The molecule has 0 spiro atoms. The molecule has 18 heavy (non-hydrogen) atoms. The van der Waals surface area contributed by atoms with E-state index in [0.717, 1.165) is 28.4 Å². The summed E-state index contributed by atoms with van der Waals surface area (Å²) in [5, 5.41) is 2.03. The lowest BCUT2D eigenvalue weighted by Gasteiger charge is -2.04. The predicted octanol–water partition coefficient (Wildman–Crippen LogP) is 2.98. The quantitative estimate of drug-likeness (QED) is 0.692. The van der Waals surface area contributed by atoms with E-state index in [1.807, 2.05) is 34.5 Å². The lowest BCUT2D eigenvalue weighted by molar-refractivity contribution is 0.754. The van der Waals surface area contributed by atoms with Gasteiger partial charge in [0.25, 0.3) is 0 Å². The van der Waals surface area contributed by atoms with Crippen LogP contribution in [0.5, 0.6) is 0 Å². The van der Waals surface area contributed by atoms with E-state index < -0.39 is 0 Å². The van der Waals surface area contributed by atoms with Gasteiger partial charge in [0.15, 0.2) is 5.65 Å². The monoisotopic (exact) mass is 278 g/mol. The number of halogens is 1. The van der Waals surface area contributed by atoms with E-state index in [1.165, 1.54) is 0 Å². The highest BCUT2D eigenvalue weighted by molar-refractivity contribution is 7.07. The van der Waals surface area contributed by atoms with Gasteiger partial charge in [-0.2, -0.15) is 0 Å². The Morgan fingerprint density at radius 1 is 1.33 bits per heavy atom. The van der Waals surface area contributed by atoms with Gasteiger partial charge in [0.2, 0.25) is 0 Å². The van der Waals surface area contributed by atoms with Crippen LogP contribution in [0.15, 0.2) is 23.0 Å². The van der Waals surface area contributed by atoms with E-state index in [4.69, 9.17) is 11.6 Å². The van der Waals surface area contributed by atoms with Crippen LogP contribution in [0.1, 0.15) is 17.2 Å². The highest BCUT2D eigenvalue weighted by atomic mass is 35.5. The molecule has 6 heteroatoms. The van der Waals surface area contributed by atoms with Crippen molar-refractivity contribution in [1.29, 1.82) is 0 Å². The summed E-state index contributed by atoms with van der Waals surface area (Å²) in [7, 11) is 0. The zero-order valence-electron chi connectivity index (χ0n) is 9.80. The predicted molar refractivity (Wildman–Crippen MR) is 73.0 cm³/mol. The minimum atomic E-state index is 0.375. The average molecular weight is 279 g/mol. The molecule has 0 amide bonds. The Hall–Kier alpha value is -1.46. The molecule has 0 atom stereocenters. The van der Waals surface area contributed by atoms with Crippen molar-refractivity contribution >= 4 is 34.1 Å². The van der Waals surface area contributed by atoms with Crippen LogP contribution in [0.4, 0.5) is 0 Å². The first-order chi connectivity index (χ1) is 8.78. The maximum Gasteiger partial charge on any atom is 0.160 e. The van der Waals surface area contributed by atoms with Gasteiger partial charge < -0.3 is 4.57 Å². The first-order valence-corrected chi connectivity index (χ1v) is 7.01. The van der Waals surface area contributed by atoms with E-state index in [0.29, 0.717) is 12.4 Å². The number of imidazole rings is 1. The van der Waals surface area contributed by atoms with Gasteiger partial charge >= 0.3 is 0 Å². The fraction of sp³-hybridized carbons (Fsp3) is 0.250. The maximum atomic E-state index is 5.95. The number of pyridine rings is 1. The van der Waals surface area contributed by atoms with Gasteiger partial charge in [-0.3, -0.25) is 0 Å². The zero-order valence-corrected chi connectivity index (χ0v) is 11.4. The summed E-state index contributed by atoms with van der Waals surface area (Å²) in [5.41, 5.74) is 5.56. The van der Waals surface area contributed by atoms with E-state index in [9.17, 15) is 0 Å². The molecule has 0 radical (unpaired) electrons. The van der Waals surface area contributed by atoms with Crippen LogP contribution in [0.2, 0.25) is 0 Å². The van der Waals surface area contributed by atoms with Gasteiger partial charge in [-0.05, 0) is 19.1 Å². The largest absolute Gasteiger partial charge is 0.306 e. The minimum absolute atomic E-state index is 0.375. The molecule has 0 fully saturated rings. The molecular formula is C12H11ClN4S. The first kappa shape index (κ1) is 11.6. The van der Waals surface area contributed by atoms with E-state index in [-0.39, 0.29) is 0 Å². The third-order valence-electron chi connectivity index (χ3n) is 2.73. The van der Waals surface area contributed by atoms with Crippen LogP contribution in [0.3, 0.4) is 0 Å². The Balaban J connectivity index is 2.15. The Labute approximate surface area is 113 Å². The molecule has 0 bridgehead atoms. The van der Waals surface area contributed by atoms with Crippen molar-refractivity contribution in [2.75, 3.05) is 0 Å². The summed E-state index contributed by atoms with van der Waals surface area (Å²) < 4.78 is 2.03. The molecule has 0 aliphatic heterocycles. The minimum Gasteiger partial charge on any atom is -0.306 e. The first-order valence-electron chi connectivity index (χ1n) is 5.53. The lowest BCUT2D eigenvalue weighted by atomic mass is 10.3. The number of fused-ring (bicyclic) bond motifs is 1. The third kappa shape index (κ3) is 2.00. The number of thiazole rings is 1. The number of rotatable bonds is 3. The average Bonchev–Trinajstić information content (AvgIpc) is 2.98. The smallest absolute Gasteiger partial charge is 0.160 e. The summed E-state index contributed by atoms with van der Waals surface area (Å²) in [6.07, 6.45) is 0.